The van der Waals surface area contributed by atoms with Gasteiger partial charge in [0.25, 0.3) is 0 Å². The number of alkyl halides is 1. The lowest BCUT2D eigenvalue weighted by molar-refractivity contribution is -0.238. The second kappa shape index (κ2) is 55.1. The van der Waals surface area contributed by atoms with E-state index in [2.05, 4.69) is 73.5 Å². The molecule has 123 heavy (non-hydrogen) atoms. The van der Waals surface area contributed by atoms with Crippen LogP contribution in [0.4, 0.5) is 0 Å². The van der Waals surface area contributed by atoms with Gasteiger partial charge in [-0.2, -0.15) is 0 Å². The molecule has 5 amide bonds. The lowest BCUT2D eigenvalue weighted by Gasteiger charge is -2.42. The summed E-state index contributed by atoms with van der Waals surface area (Å²) in [6.07, 6.45) is 0.228. The highest BCUT2D eigenvalue weighted by atomic mass is 79.9. The molecule has 0 aromatic carbocycles. The van der Waals surface area contributed by atoms with E-state index in [9.17, 15) is 54.6 Å². The first kappa shape index (κ1) is 101. The first-order valence-electron chi connectivity index (χ1n) is 42.0. The summed E-state index contributed by atoms with van der Waals surface area (Å²) in [6.45, 7) is 10.3. The fraction of sp³-hybridized carbons (Fsp3) is 0.855. The average molecular weight is 1830 g/mol. The van der Waals surface area contributed by atoms with Crippen molar-refractivity contribution < 1.29 is 154 Å². The number of carbonyl (C=O) groups excluding carboxylic acids is 5. The van der Waals surface area contributed by atoms with E-state index in [0.717, 1.165) is 12.8 Å². The maximum Gasteiger partial charge on any atom is 0.230 e. The number of unbranched alkanes of at least 4 members (excludes halogenated alkanes) is 4. The number of ether oxygens (including phenoxy) is 21. The molecule has 6 aliphatic heterocycles. The first-order chi connectivity index (χ1) is 59.7. The smallest absolute Gasteiger partial charge is 0.230 e. The second-order valence-electron chi connectivity index (χ2n) is 30.6. The SMILES string of the molecule is CC(=O)N[C@H]1[C@H]2OC[C@](COCCOCCOCCOCCn3cc(COCC(COCc4cn(CCOCCOCCOCCOC[C@@]56CO[C@@H](O5)[C@H](NC(C)=O)[C@@H](O)[C@H]6O)nn4)(COCc4cn(CCOCCOCCOCCOC[C@]56CO[C@H](C[C@@H](O)[C@H]5O)O6)nn4)NC(=O)CCCCCNC(=O)CCCCCNC(=O)CBr)nn3)(O2)[C@H](O)[C@@H]1O. The van der Waals surface area contributed by atoms with Crippen LogP contribution in [0.2, 0.25) is 0 Å². The monoisotopic (exact) mass is 1830 g/mol. The Morgan fingerprint density at radius 2 is 0.772 bits per heavy atom. The fourth-order valence-corrected chi connectivity index (χ4v) is 14.2. The molecule has 0 spiro atoms. The maximum atomic E-state index is 14.2. The number of halogens is 1. The Bertz CT molecular complexity index is 3360. The summed E-state index contributed by atoms with van der Waals surface area (Å²) < 4.78 is 127. The molecule has 0 aliphatic carbocycles. The molecular formula is C76H127BrN14O32. The molecule has 0 saturated carbocycles. The standard InChI is InChI=1S/C76H127BrN14O32/c1-54(92)80-64-66(98)69(101)75(52-119-71(64)122-75)49-113-35-32-110-29-26-107-23-20-104-17-14-90-40-57(84-87-90)43-116-46-73(82-61(96)10-6-4-7-11-78-60(95)9-5-3-8-12-79-62(97)38-77,45-115-42-56-39-89(86-83-56)13-16-103-19-22-106-25-28-109-31-34-112-48-74-51-118-63(121-74)37-59(94)68(74)100)47-117-44-58-41-91(88-85-58)15-18-105-21-24-108-27-30-111-33-36-114-50-76-53-120-72(123-76)65(81-55(2)93)67(99)70(76)102/h39-41,59,63-72,94,98-102H,3-38,42-53H2,1-2H3,(H,78,95)(H,79,97)(H,80,92)(H,81,93)(H,82,96)/t59-,63+,64-,65-,66-,67-,68-,69-,70-,71+,72+,74+,75+,76+/m1/s1. The van der Waals surface area contributed by atoms with Crippen LogP contribution in [-0.2, 0) is 163 Å². The molecule has 9 rings (SSSR count). The molecule has 46 nitrogen and oxygen atoms in total. The summed E-state index contributed by atoms with van der Waals surface area (Å²) in [4.78, 5) is 61.5. The first-order valence-corrected chi connectivity index (χ1v) is 43.1. The minimum absolute atomic E-state index is 0.0105. The van der Waals surface area contributed by atoms with Gasteiger partial charge < -0.3 is 157 Å². The van der Waals surface area contributed by atoms with Gasteiger partial charge in [0.05, 0.1) is 268 Å². The van der Waals surface area contributed by atoms with Crippen LogP contribution >= 0.6 is 15.9 Å². The summed E-state index contributed by atoms with van der Waals surface area (Å²) in [6, 6.07) is -1.82. The third kappa shape index (κ3) is 34.6. The number of nitrogens with one attached hydrogen (secondary N) is 5. The second-order valence-corrected chi connectivity index (χ2v) is 31.1. The molecule has 0 radical (unpaired) electrons. The lowest BCUT2D eigenvalue weighted by Crippen LogP contribution is -2.66. The minimum atomic E-state index is -1.35. The van der Waals surface area contributed by atoms with Crippen molar-refractivity contribution in [1.82, 2.24) is 71.6 Å². The normalized spacial score (nSPS) is 25.7. The van der Waals surface area contributed by atoms with Crippen molar-refractivity contribution >= 4 is 45.5 Å². The van der Waals surface area contributed by atoms with Crippen molar-refractivity contribution in [3.05, 3.63) is 35.7 Å². The van der Waals surface area contributed by atoms with Gasteiger partial charge in [0, 0.05) is 46.2 Å². The van der Waals surface area contributed by atoms with Crippen LogP contribution in [0, 0.1) is 0 Å². The summed E-state index contributed by atoms with van der Waals surface area (Å²) >= 11 is 3.13. The highest BCUT2D eigenvalue weighted by molar-refractivity contribution is 9.09. The Morgan fingerprint density at radius 3 is 1.15 bits per heavy atom. The van der Waals surface area contributed by atoms with E-state index in [4.69, 9.17) is 99.5 Å². The van der Waals surface area contributed by atoms with Crippen LogP contribution in [-0.4, -0.2) is 412 Å². The van der Waals surface area contributed by atoms with E-state index >= 15 is 0 Å². The molecule has 0 unspecified atom stereocenters. The maximum absolute atomic E-state index is 14.2. The minimum Gasteiger partial charge on any atom is -0.390 e. The topological polar surface area (TPSA) is 553 Å². The van der Waals surface area contributed by atoms with Gasteiger partial charge in [-0.3, -0.25) is 24.0 Å². The van der Waals surface area contributed by atoms with Crippen LogP contribution in [0.1, 0.15) is 88.7 Å². The van der Waals surface area contributed by atoms with Crippen LogP contribution < -0.4 is 26.6 Å². The Hall–Kier alpha value is -5.83. The molecule has 700 valence electrons. The van der Waals surface area contributed by atoms with E-state index in [-0.39, 0.29) is 161 Å². The van der Waals surface area contributed by atoms with E-state index in [1.54, 1.807) is 32.6 Å². The zero-order valence-electron chi connectivity index (χ0n) is 70.2. The summed E-state index contributed by atoms with van der Waals surface area (Å²) in [5, 5.41) is 104. The molecule has 14 atom stereocenters. The summed E-state index contributed by atoms with van der Waals surface area (Å²) in [5.41, 5.74) is -3.47. The summed E-state index contributed by atoms with van der Waals surface area (Å²) in [5.74, 6) is -1.22. The van der Waals surface area contributed by atoms with Crippen molar-refractivity contribution in [2.24, 2.45) is 0 Å². The largest absolute Gasteiger partial charge is 0.390 e. The third-order valence-corrected chi connectivity index (χ3v) is 21.0. The summed E-state index contributed by atoms with van der Waals surface area (Å²) in [7, 11) is 0. The van der Waals surface area contributed by atoms with E-state index < -0.39 is 102 Å². The van der Waals surface area contributed by atoms with Crippen molar-refractivity contribution in [1.29, 1.82) is 0 Å². The van der Waals surface area contributed by atoms with Gasteiger partial charge in [0.2, 0.25) is 29.5 Å². The molecule has 3 aromatic rings. The van der Waals surface area contributed by atoms with Gasteiger partial charge in [-0.1, -0.05) is 44.4 Å². The number of aromatic nitrogens is 9. The lowest BCUT2D eigenvalue weighted by atomic mass is 9.88. The van der Waals surface area contributed by atoms with Crippen molar-refractivity contribution in [3.8, 4) is 0 Å². The predicted molar refractivity (Wildman–Crippen MR) is 423 cm³/mol. The van der Waals surface area contributed by atoms with E-state index in [1.807, 2.05) is 0 Å². The van der Waals surface area contributed by atoms with Crippen LogP contribution in [0.5, 0.6) is 0 Å². The molecule has 9 heterocycles. The number of amides is 5. The number of rotatable bonds is 70. The van der Waals surface area contributed by atoms with Gasteiger partial charge in [0.1, 0.15) is 82.0 Å². The van der Waals surface area contributed by atoms with Gasteiger partial charge in [-0.05, 0) is 25.7 Å². The third-order valence-electron chi connectivity index (χ3n) is 20.4. The molecule has 6 bridgehead atoms. The van der Waals surface area contributed by atoms with E-state index in [0.29, 0.717) is 174 Å². The molecular weight excluding hydrogens is 1700 g/mol. The quantitative estimate of drug-likeness (QED) is 0.0186. The fourth-order valence-electron chi connectivity index (χ4n) is 14.0. The molecule has 6 aliphatic rings. The van der Waals surface area contributed by atoms with Crippen LogP contribution in [0.25, 0.3) is 0 Å². The van der Waals surface area contributed by atoms with Gasteiger partial charge >= 0.3 is 0 Å². The zero-order chi connectivity index (χ0) is 87.4. The zero-order valence-corrected chi connectivity index (χ0v) is 71.8. The molecule has 3 aromatic heterocycles. The Labute approximate surface area is 721 Å². The van der Waals surface area contributed by atoms with Gasteiger partial charge in [-0.15, -0.1) is 15.3 Å². The van der Waals surface area contributed by atoms with Crippen LogP contribution in [0.15, 0.2) is 18.6 Å². The number of hydrogen-bond donors (Lipinski definition) is 11. The number of hydrogen-bond acceptors (Lipinski definition) is 38. The molecule has 47 heteroatoms. The number of nitrogens with zero attached hydrogens (tertiary/aromatic N) is 9. The number of carbonyl (C=O) groups is 5. The van der Waals surface area contributed by atoms with E-state index in [1.165, 1.54) is 13.8 Å². The Kier molecular flexibility index (Phi) is 45.2. The number of aliphatic hydroxyl groups is 6. The van der Waals surface area contributed by atoms with Gasteiger partial charge in [0.15, 0.2) is 18.9 Å². The van der Waals surface area contributed by atoms with Crippen molar-refractivity contribution in [2.75, 3.05) is 217 Å². The van der Waals surface area contributed by atoms with Crippen LogP contribution in [0.3, 0.4) is 0 Å². The average Bonchev–Trinajstić information content (AvgIpc) is 1.61. The predicted octanol–water partition coefficient (Wildman–Crippen LogP) is -4.85. The highest BCUT2D eigenvalue weighted by Gasteiger charge is 2.61. The highest BCUT2D eigenvalue weighted by Crippen LogP contribution is 2.40. The number of aliphatic hydroxyl groups excluding tert-OH is 6. The molecule has 11 N–H and O–H groups in total. The van der Waals surface area contributed by atoms with Crippen molar-refractivity contribution in [3.63, 3.8) is 0 Å². The van der Waals surface area contributed by atoms with Gasteiger partial charge in [-0.25, -0.2) is 14.0 Å². The Balaban J connectivity index is 0.702. The Morgan fingerprint density at radius 1 is 0.431 bits per heavy atom. The molecule has 6 saturated heterocycles. The number of fused-ring (bicyclic) bond motifs is 6. The van der Waals surface area contributed by atoms with Crippen molar-refractivity contribution in [2.45, 2.75) is 201 Å². The molecule has 6 fully saturated rings.